The third-order valence-electron chi connectivity index (χ3n) is 0.937. The Hall–Kier alpha value is 0.966. The molecule has 2 nitrogen and oxygen atoms in total. The molecule has 0 aliphatic rings. The molecule has 50 valence electrons. The minimum Gasteiger partial charge on any atom is -0.870 e. The summed E-state index contributed by atoms with van der Waals surface area (Å²) in [5, 5.41) is 0. The topological polar surface area (TPSA) is 56.0 Å². The zero-order chi connectivity index (χ0) is 5.98. The first-order chi connectivity index (χ1) is 3.80. The molecular formula is C6H8KNOS. The molecule has 0 heterocycles. The van der Waals surface area contributed by atoms with Crippen LogP contribution in [0.4, 0.5) is 5.69 Å². The number of nitrogens with two attached hydrogens (primary N) is 1. The van der Waals surface area contributed by atoms with Crippen LogP contribution in [0, 0.1) is 0 Å². The van der Waals surface area contributed by atoms with Gasteiger partial charge in [-0.1, -0.05) is 12.1 Å². The van der Waals surface area contributed by atoms with E-state index in [2.05, 4.69) is 12.6 Å². The average molecular weight is 181 g/mol. The van der Waals surface area contributed by atoms with Gasteiger partial charge in [0.2, 0.25) is 0 Å². The quantitative estimate of drug-likeness (QED) is 0.287. The molecule has 1 rings (SSSR count). The maximum atomic E-state index is 5.44. The van der Waals surface area contributed by atoms with Gasteiger partial charge in [-0.05, 0) is 12.1 Å². The zero-order valence-corrected chi connectivity index (χ0v) is 9.80. The summed E-state index contributed by atoms with van der Waals surface area (Å²) in [5.74, 6) is 0. The number of hydrogen-bond donors (Lipinski definition) is 2. The molecule has 0 aromatic heterocycles. The predicted octanol–water partition coefficient (Wildman–Crippen LogP) is -1.62. The van der Waals surface area contributed by atoms with Crippen LogP contribution in [0.25, 0.3) is 0 Å². The van der Waals surface area contributed by atoms with Crippen molar-refractivity contribution in [1.29, 1.82) is 0 Å². The third-order valence-corrected chi connectivity index (χ3v) is 1.34. The standard InChI is InChI=1S/C6H7NS.K.H2O/c7-5-3-1-2-4-6(5)8;;/h1-4,8H,7H2;;1H2/q;+1;/p-1. The van der Waals surface area contributed by atoms with Crippen LogP contribution in [0.2, 0.25) is 0 Å². The van der Waals surface area contributed by atoms with Crippen LogP contribution in [0.3, 0.4) is 0 Å². The molecular weight excluding hydrogens is 173 g/mol. The van der Waals surface area contributed by atoms with Crippen molar-refractivity contribution in [2.45, 2.75) is 4.90 Å². The second-order valence-electron chi connectivity index (χ2n) is 1.56. The Balaban J connectivity index is 0. The van der Waals surface area contributed by atoms with Crippen molar-refractivity contribution in [1.82, 2.24) is 0 Å². The summed E-state index contributed by atoms with van der Waals surface area (Å²) in [5.41, 5.74) is 6.18. The Morgan fingerprint density at radius 1 is 1.20 bits per heavy atom. The van der Waals surface area contributed by atoms with Crippen LogP contribution in [-0.2, 0) is 0 Å². The van der Waals surface area contributed by atoms with Crippen molar-refractivity contribution in [3.05, 3.63) is 24.3 Å². The first-order valence-corrected chi connectivity index (χ1v) is 2.79. The van der Waals surface area contributed by atoms with E-state index < -0.39 is 0 Å². The van der Waals surface area contributed by atoms with Gasteiger partial charge in [-0.2, -0.15) is 0 Å². The molecule has 0 fully saturated rings. The SMILES string of the molecule is Nc1ccccc1S.[K+].[OH-]. The van der Waals surface area contributed by atoms with E-state index in [4.69, 9.17) is 5.73 Å². The Bertz CT molecular complexity index is 174. The van der Waals surface area contributed by atoms with E-state index in [-0.39, 0.29) is 56.9 Å². The molecule has 0 radical (unpaired) electrons. The molecule has 0 bridgehead atoms. The first-order valence-electron chi connectivity index (χ1n) is 2.34. The normalized spacial score (nSPS) is 7.30. The largest absolute Gasteiger partial charge is 1.00 e. The molecule has 0 saturated heterocycles. The number of para-hydroxylation sites is 1. The molecule has 0 aliphatic carbocycles. The molecule has 1 aromatic rings. The summed E-state index contributed by atoms with van der Waals surface area (Å²) >= 11 is 4.07. The van der Waals surface area contributed by atoms with Gasteiger partial charge in [0.15, 0.2) is 0 Å². The average Bonchev–Trinajstić information content (AvgIpc) is 1.77. The number of anilines is 1. The first kappa shape index (κ1) is 13.5. The van der Waals surface area contributed by atoms with Crippen LogP contribution >= 0.6 is 12.6 Å². The second kappa shape index (κ2) is 6.66. The molecule has 0 atom stereocenters. The summed E-state index contributed by atoms with van der Waals surface area (Å²) < 4.78 is 0. The van der Waals surface area contributed by atoms with Gasteiger partial charge in [-0.25, -0.2) is 0 Å². The fourth-order valence-corrected chi connectivity index (χ4v) is 0.648. The van der Waals surface area contributed by atoms with Gasteiger partial charge in [-0.15, -0.1) is 12.6 Å². The summed E-state index contributed by atoms with van der Waals surface area (Å²) in [6, 6.07) is 7.47. The molecule has 0 saturated carbocycles. The Morgan fingerprint density at radius 2 is 1.70 bits per heavy atom. The summed E-state index contributed by atoms with van der Waals surface area (Å²) in [7, 11) is 0. The van der Waals surface area contributed by atoms with Gasteiger partial charge in [0.05, 0.1) is 0 Å². The molecule has 0 amide bonds. The molecule has 4 heteroatoms. The van der Waals surface area contributed by atoms with Crippen LogP contribution in [0.1, 0.15) is 0 Å². The monoisotopic (exact) mass is 181 g/mol. The summed E-state index contributed by atoms with van der Waals surface area (Å²) in [6.45, 7) is 0. The van der Waals surface area contributed by atoms with Crippen LogP contribution in [-0.4, -0.2) is 5.48 Å². The van der Waals surface area contributed by atoms with Gasteiger partial charge in [0.1, 0.15) is 0 Å². The fraction of sp³-hybridized carbons (Fsp3) is 0. The number of benzene rings is 1. The van der Waals surface area contributed by atoms with Crippen molar-refractivity contribution in [2.75, 3.05) is 5.73 Å². The van der Waals surface area contributed by atoms with Gasteiger partial charge in [0.25, 0.3) is 0 Å². The zero-order valence-electron chi connectivity index (χ0n) is 5.78. The minimum atomic E-state index is 0. The fourth-order valence-electron chi connectivity index (χ4n) is 0.488. The van der Waals surface area contributed by atoms with Gasteiger partial charge in [-0.3, -0.25) is 0 Å². The van der Waals surface area contributed by atoms with Crippen molar-refractivity contribution < 1.29 is 56.9 Å². The smallest absolute Gasteiger partial charge is 0.870 e. The number of nitrogen functional groups attached to an aromatic ring is 1. The van der Waals surface area contributed by atoms with Gasteiger partial charge >= 0.3 is 51.4 Å². The van der Waals surface area contributed by atoms with Crippen LogP contribution in [0.15, 0.2) is 29.2 Å². The minimum absolute atomic E-state index is 0. The summed E-state index contributed by atoms with van der Waals surface area (Å²) in [4.78, 5) is 0.840. The number of thiol groups is 1. The van der Waals surface area contributed by atoms with E-state index in [9.17, 15) is 0 Å². The second-order valence-corrected chi connectivity index (χ2v) is 2.04. The molecule has 0 aliphatic heterocycles. The van der Waals surface area contributed by atoms with E-state index in [1.54, 1.807) is 0 Å². The third kappa shape index (κ3) is 3.97. The van der Waals surface area contributed by atoms with Crippen molar-refractivity contribution in [3.63, 3.8) is 0 Å². The van der Waals surface area contributed by atoms with E-state index >= 15 is 0 Å². The maximum absolute atomic E-state index is 5.44. The number of hydrogen-bond acceptors (Lipinski definition) is 3. The van der Waals surface area contributed by atoms with Gasteiger partial charge < -0.3 is 11.2 Å². The Labute approximate surface area is 108 Å². The van der Waals surface area contributed by atoms with Crippen molar-refractivity contribution >= 4 is 18.3 Å². The number of rotatable bonds is 0. The molecule has 10 heavy (non-hydrogen) atoms. The van der Waals surface area contributed by atoms with E-state index in [1.165, 1.54) is 0 Å². The molecule has 0 spiro atoms. The van der Waals surface area contributed by atoms with E-state index in [0.29, 0.717) is 0 Å². The van der Waals surface area contributed by atoms with Crippen molar-refractivity contribution in [2.24, 2.45) is 0 Å². The van der Waals surface area contributed by atoms with E-state index in [0.717, 1.165) is 10.6 Å². The molecule has 1 aromatic carbocycles. The van der Waals surface area contributed by atoms with E-state index in [1.807, 2.05) is 24.3 Å². The van der Waals surface area contributed by atoms with Crippen LogP contribution in [0.5, 0.6) is 0 Å². The van der Waals surface area contributed by atoms with Crippen molar-refractivity contribution in [3.8, 4) is 0 Å². The summed E-state index contributed by atoms with van der Waals surface area (Å²) in [6.07, 6.45) is 0. The Morgan fingerprint density at radius 3 is 2.00 bits per heavy atom. The van der Waals surface area contributed by atoms with Gasteiger partial charge in [0, 0.05) is 10.6 Å². The molecule has 0 unspecified atom stereocenters. The maximum Gasteiger partial charge on any atom is 1.00 e. The molecule has 3 N–H and O–H groups in total. The predicted molar refractivity (Wildman–Crippen MR) is 40.0 cm³/mol. The van der Waals surface area contributed by atoms with Crippen LogP contribution < -0.4 is 57.1 Å². The Kier molecular flexibility index (Phi) is 9.03.